The summed E-state index contributed by atoms with van der Waals surface area (Å²) in [6, 6.07) is 0. The molecule has 0 fully saturated rings. The van der Waals surface area contributed by atoms with Gasteiger partial charge in [-0.1, -0.05) is 6.58 Å². The van der Waals surface area contributed by atoms with Crippen molar-refractivity contribution in [1.82, 2.24) is 0 Å². The zero-order valence-corrected chi connectivity index (χ0v) is 8.93. The number of aliphatic hydroxyl groups is 5. The number of hydrogen-bond donors (Lipinski definition) is 5. The predicted molar refractivity (Wildman–Crippen MR) is 55.2 cm³/mol. The molecule has 1 unspecified atom stereocenters. The average molecular weight is 220 g/mol. The third-order valence-electron chi connectivity index (χ3n) is 2.42. The molecule has 0 aliphatic rings. The van der Waals surface area contributed by atoms with Gasteiger partial charge in [-0.15, -0.1) is 0 Å². The lowest BCUT2D eigenvalue weighted by Crippen LogP contribution is -2.42. The molecule has 0 aromatic heterocycles. The first-order valence-electron chi connectivity index (χ1n) is 4.83. The molecule has 0 rings (SSSR count). The Labute approximate surface area is 89.3 Å². The molecular formula is C10H20O5. The van der Waals surface area contributed by atoms with Crippen molar-refractivity contribution in [2.75, 3.05) is 13.2 Å². The Morgan fingerprint density at radius 3 is 2.27 bits per heavy atom. The summed E-state index contributed by atoms with van der Waals surface area (Å²) in [4.78, 5) is 0. The molecule has 3 atom stereocenters. The second-order valence-electron chi connectivity index (χ2n) is 3.93. The molecule has 0 saturated carbocycles. The topological polar surface area (TPSA) is 101 Å². The van der Waals surface area contributed by atoms with E-state index in [-0.39, 0.29) is 12.8 Å². The average Bonchev–Trinajstić information content (AvgIpc) is 2.23. The highest BCUT2D eigenvalue weighted by Crippen LogP contribution is 2.17. The van der Waals surface area contributed by atoms with E-state index in [1.165, 1.54) is 6.92 Å². The van der Waals surface area contributed by atoms with E-state index >= 15 is 0 Å². The van der Waals surface area contributed by atoms with Gasteiger partial charge < -0.3 is 25.5 Å². The maximum absolute atomic E-state index is 9.49. The number of rotatable bonds is 7. The van der Waals surface area contributed by atoms with Crippen LogP contribution in [0.15, 0.2) is 12.2 Å². The standard InChI is InChI=1S/C10H20O5/c1-7(8(13)5-11)3-4-9(14)10(2,15)6-12/h8-9,11-15H,1,3-6H2,2H3/t8?,9-,10-/m1/s1. The van der Waals surface area contributed by atoms with Crippen molar-refractivity contribution in [3.8, 4) is 0 Å². The fourth-order valence-corrected chi connectivity index (χ4v) is 1.03. The second-order valence-corrected chi connectivity index (χ2v) is 3.93. The van der Waals surface area contributed by atoms with E-state index in [9.17, 15) is 10.2 Å². The van der Waals surface area contributed by atoms with Crippen molar-refractivity contribution in [2.45, 2.75) is 37.6 Å². The third-order valence-corrected chi connectivity index (χ3v) is 2.42. The molecule has 5 N–H and O–H groups in total. The van der Waals surface area contributed by atoms with Crippen LogP contribution in [0.1, 0.15) is 19.8 Å². The van der Waals surface area contributed by atoms with Gasteiger partial charge in [0, 0.05) is 0 Å². The van der Waals surface area contributed by atoms with Gasteiger partial charge in [-0.2, -0.15) is 0 Å². The molecule has 0 aromatic rings. The summed E-state index contributed by atoms with van der Waals surface area (Å²) in [5, 5.41) is 45.5. The maximum atomic E-state index is 9.49. The van der Waals surface area contributed by atoms with Crippen molar-refractivity contribution in [2.24, 2.45) is 0 Å². The predicted octanol–water partition coefficient (Wildman–Crippen LogP) is -1.22. The normalized spacial score (nSPS) is 19.3. The third kappa shape index (κ3) is 4.72. The Morgan fingerprint density at radius 1 is 1.33 bits per heavy atom. The molecule has 5 heteroatoms. The van der Waals surface area contributed by atoms with Crippen molar-refractivity contribution in [3.63, 3.8) is 0 Å². The molecule has 0 spiro atoms. The summed E-state index contributed by atoms with van der Waals surface area (Å²) in [7, 11) is 0. The lowest BCUT2D eigenvalue weighted by molar-refractivity contribution is -0.0946. The molecule has 0 heterocycles. The van der Waals surface area contributed by atoms with Crippen LogP contribution in [-0.2, 0) is 0 Å². The van der Waals surface area contributed by atoms with E-state index in [4.69, 9.17) is 15.3 Å². The molecule has 15 heavy (non-hydrogen) atoms. The van der Waals surface area contributed by atoms with Gasteiger partial charge in [0.05, 0.1) is 25.4 Å². The maximum Gasteiger partial charge on any atom is 0.111 e. The van der Waals surface area contributed by atoms with Crippen LogP contribution < -0.4 is 0 Å². The van der Waals surface area contributed by atoms with Crippen LogP contribution >= 0.6 is 0 Å². The van der Waals surface area contributed by atoms with Gasteiger partial charge in [-0.25, -0.2) is 0 Å². The number of hydrogen-bond acceptors (Lipinski definition) is 5. The van der Waals surface area contributed by atoms with Crippen LogP contribution in [-0.4, -0.2) is 56.6 Å². The summed E-state index contributed by atoms with van der Waals surface area (Å²) < 4.78 is 0. The van der Waals surface area contributed by atoms with Crippen LogP contribution in [0, 0.1) is 0 Å². The van der Waals surface area contributed by atoms with Crippen LogP contribution in [0.4, 0.5) is 0 Å². The van der Waals surface area contributed by atoms with Crippen molar-refractivity contribution in [1.29, 1.82) is 0 Å². The highest BCUT2D eigenvalue weighted by molar-refractivity contribution is 5.02. The first-order valence-corrected chi connectivity index (χ1v) is 4.83. The van der Waals surface area contributed by atoms with Crippen molar-refractivity contribution in [3.05, 3.63) is 12.2 Å². The van der Waals surface area contributed by atoms with E-state index < -0.39 is 31.0 Å². The number of aliphatic hydroxyl groups excluding tert-OH is 4. The molecule has 5 nitrogen and oxygen atoms in total. The highest BCUT2D eigenvalue weighted by atomic mass is 16.4. The van der Waals surface area contributed by atoms with Gasteiger partial charge in [0.1, 0.15) is 5.60 Å². The second kappa shape index (κ2) is 6.19. The molecule has 90 valence electrons. The molecule has 0 amide bonds. The van der Waals surface area contributed by atoms with Crippen LogP contribution in [0.5, 0.6) is 0 Å². The molecule has 0 radical (unpaired) electrons. The van der Waals surface area contributed by atoms with E-state index in [1.807, 2.05) is 0 Å². The fraction of sp³-hybridized carbons (Fsp3) is 0.800. The largest absolute Gasteiger partial charge is 0.393 e. The zero-order valence-electron chi connectivity index (χ0n) is 8.93. The molecule has 0 bridgehead atoms. The molecule has 0 saturated heterocycles. The minimum absolute atomic E-state index is 0.170. The molecular weight excluding hydrogens is 200 g/mol. The lowest BCUT2D eigenvalue weighted by Gasteiger charge is -2.27. The van der Waals surface area contributed by atoms with Gasteiger partial charge in [0.2, 0.25) is 0 Å². The van der Waals surface area contributed by atoms with E-state index in [0.717, 1.165) is 0 Å². The van der Waals surface area contributed by atoms with Crippen LogP contribution in [0.2, 0.25) is 0 Å². The zero-order chi connectivity index (χ0) is 12.1. The van der Waals surface area contributed by atoms with Crippen molar-refractivity contribution >= 4 is 0 Å². The Balaban J connectivity index is 4.01. The SMILES string of the molecule is C=C(CC[C@@H](O)[C@](C)(O)CO)C(O)CO. The summed E-state index contributed by atoms with van der Waals surface area (Å²) in [6.45, 7) is 3.91. The minimum atomic E-state index is -1.55. The Bertz CT molecular complexity index is 202. The molecule has 0 aliphatic carbocycles. The van der Waals surface area contributed by atoms with Gasteiger partial charge in [-0.3, -0.25) is 0 Å². The summed E-state index contributed by atoms with van der Waals surface area (Å²) >= 11 is 0. The molecule has 0 aliphatic heterocycles. The Kier molecular flexibility index (Phi) is 6.00. The minimum Gasteiger partial charge on any atom is -0.393 e. The fourth-order valence-electron chi connectivity index (χ4n) is 1.03. The quantitative estimate of drug-likeness (QED) is 0.346. The Hall–Kier alpha value is -0.460. The first kappa shape index (κ1) is 14.5. The van der Waals surface area contributed by atoms with Gasteiger partial charge >= 0.3 is 0 Å². The first-order chi connectivity index (χ1) is 6.85. The van der Waals surface area contributed by atoms with Gasteiger partial charge in [0.25, 0.3) is 0 Å². The van der Waals surface area contributed by atoms with E-state index in [0.29, 0.717) is 5.57 Å². The van der Waals surface area contributed by atoms with E-state index in [2.05, 4.69) is 6.58 Å². The Morgan fingerprint density at radius 2 is 1.87 bits per heavy atom. The van der Waals surface area contributed by atoms with Crippen LogP contribution in [0.3, 0.4) is 0 Å². The lowest BCUT2D eigenvalue weighted by atomic mass is 9.93. The smallest absolute Gasteiger partial charge is 0.111 e. The van der Waals surface area contributed by atoms with Gasteiger partial charge in [-0.05, 0) is 25.3 Å². The summed E-state index contributed by atoms with van der Waals surface area (Å²) in [5.74, 6) is 0. The van der Waals surface area contributed by atoms with Crippen molar-refractivity contribution < 1.29 is 25.5 Å². The highest BCUT2D eigenvalue weighted by Gasteiger charge is 2.29. The molecule has 0 aromatic carbocycles. The monoisotopic (exact) mass is 220 g/mol. The summed E-state index contributed by atoms with van der Waals surface area (Å²) in [6.07, 6.45) is -1.65. The van der Waals surface area contributed by atoms with E-state index in [1.54, 1.807) is 0 Å². The summed E-state index contributed by atoms with van der Waals surface area (Å²) in [5.41, 5.74) is -1.16. The van der Waals surface area contributed by atoms with Crippen LogP contribution in [0.25, 0.3) is 0 Å². The van der Waals surface area contributed by atoms with Gasteiger partial charge in [0.15, 0.2) is 0 Å².